The van der Waals surface area contributed by atoms with Crippen LogP contribution in [0.1, 0.15) is 22.3 Å². The number of aryl methyl sites for hydroxylation is 4. The van der Waals surface area contributed by atoms with E-state index in [1.165, 1.54) is 12.7 Å². The summed E-state index contributed by atoms with van der Waals surface area (Å²) in [5.41, 5.74) is 7.37. The summed E-state index contributed by atoms with van der Waals surface area (Å²) in [6.07, 6.45) is 0.673. The molecule has 6 nitrogen and oxygen atoms in total. The molecule has 1 aliphatic rings. The second-order valence-corrected chi connectivity index (χ2v) is 7.67. The molecule has 0 saturated heterocycles. The molecule has 0 atom stereocenters. The number of hydrogen-bond donors (Lipinski definition) is 1. The van der Waals surface area contributed by atoms with Crippen molar-refractivity contribution in [2.45, 2.75) is 33.7 Å². The molecular formula is C23H25N3O3. The maximum absolute atomic E-state index is 13.1. The molecule has 0 bridgehead atoms. The summed E-state index contributed by atoms with van der Waals surface area (Å²) in [4.78, 5) is 17.9. The van der Waals surface area contributed by atoms with E-state index in [1.807, 2.05) is 19.9 Å². The summed E-state index contributed by atoms with van der Waals surface area (Å²) in [7, 11) is 3.27. The maximum Gasteiger partial charge on any atom is 0.329 e. The number of aromatic nitrogens is 2. The second kappa shape index (κ2) is 6.95. The van der Waals surface area contributed by atoms with Gasteiger partial charge in [-0.2, -0.15) is 0 Å². The SMILES string of the molecule is COc1cc2c(cc1O)CCn1c-2c/c(=N/c2c(C)cc(C)cc2C)n(C)c1=O. The van der Waals surface area contributed by atoms with E-state index < -0.39 is 0 Å². The Kier molecular flexibility index (Phi) is 4.57. The Morgan fingerprint density at radius 3 is 2.41 bits per heavy atom. The molecule has 0 amide bonds. The molecule has 0 fully saturated rings. The van der Waals surface area contributed by atoms with Gasteiger partial charge in [-0.25, -0.2) is 9.79 Å². The molecule has 2 aromatic carbocycles. The van der Waals surface area contributed by atoms with Gasteiger partial charge in [0.1, 0.15) is 5.49 Å². The van der Waals surface area contributed by atoms with E-state index in [0.717, 1.165) is 33.6 Å². The van der Waals surface area contributed by atoms with Crippen LogP contribution in [-0.2, 0) is 20.0 Å². The number of aromatic hydroxyl groups is 1. The van der Waals surface area contributed by atoms with Gasteiger partial charge in [-0.15, -0.1) is 0 Å². The molecule has 0 radical (unpaired) electrons. The lowest BCUT2D eigenvalue weighted by molar-refractivity contribution is 0.373. The average molecular weight is 391 g/mol. The Morgan fingerprint density at radius 2 is 1.76 bits per heavy atom. The van der Waals surface area contributed by atoms with Crippen molar-refractivity contribution in [1.82, 2.24) is 9.13 Å². The van der Waals surface area contributed by atoms with Gasteiger partial charge in [0.25, 0.3) is 0 Å². The summed E-state index contributed by atoms with van der Waals surface area (Å²) >= 11 is 0. The Morgan fingerprint density at radius 1 is 1.07 bits per heavy atom. The molecular weight excluding hydrogens is 366 g/mol. The minimum absolute atomic E-state index is 0.110. The van der Waals surface area contributed by atoms with Gasteiger partial charge in [0, 0.05) is 25.2 Å². The van der Waals surface area contributed by atoms with E-state index in [-0.39, 0.29) is 11.4 Å². The molecule has 29 heavy (non-hydrogen) atoms. The lowest BCUT2D eigenvalue weighted by Crippen LogP contribution is -2.40. The topological polar surface area (TPSA) is 68.8 Å². The summed E-state index contributed by atoms with van der Waals surface area (Å²) in [6, 6.07) is 9.65. The third-order valence-corrected chi connectivity index (χ3v) is 5.57. The molecule has 6 heteroatoms. The van der Waals surface area contributed by atoms with Gasteiger partial charge in [0.2, 0.25) is 0 Å². The van der Waals surface area contributed by atoms with Crippen molar-refractivity contribution in [2.75, 3.05) is 7.11 Å². The molecule has 1 aromatic heterocycles. The van der Waals surface area contributed by atoms with Crippen LogP contribution < -0.4 is 15.9 Å². The predicted molar refractivity (Wildman–Crippen MR) is 113 cm³/mol. The van der Waals surface area contributed by atoms with Crippen LogP contribution in [0, 0.1) is 20.8 Å². The number of fused-ring (bicyclic) bond motifs is 3. The van der Waals surface area contributed by atoms with Crippen molar-refractivity contribution in [3.05, 3.63) is 68.6 Å². The molecule has 3 aromatic rings. The van der Waals surface area contributed by atoms with Crippen molar-refractivity contribution in [1.29, 1.82) is 0 Å². The normalized spacial score (nSPS) is 13.2. The number of hydrogen-bond acceptors (Lipinski definition) is 4. The Hall–Kier alpha value is -3.28. The van der Waals surface area contributed by atoms with E-state index in [9.17, 15) is 9.90 Å². The van der Waals surface area contributed by atoms with Crippen molar-refractivity contribution in [2.24, 2.45) is 12.0 Å². The first-order valence-electron chi connectivity index (χ1n) is 9.64. The zero-order valence-corrected chi connectivity index (χ0v) is 17.4. The highest BCUT2D eigenvalue weighted by molar-refractivity contribution is 5.69. The molecule has 0 spiro atoms. The van der Waals surface area contributed by atoms with Gasteiger partial charge < -0.3 is 9.84 Å². The first-order chi connectivity index (χ1) is 13.8. The van der Waals surface area contributed by atoms with Gasteiger partial charge in [-0.3, -0.25) is 9.13 Å². The number of rotatable bonds is 2. The van der Waals surface area contributed by atoms with Gasteiger partial charge in [0.15, 0.2) is 11.5 Å². The highest BCUT2D eigenvalue weighted by Crippen LogP contribution is 2.36. The summed E-state index contributed by atoms with van der Waals surface area (Å²) in [5, 5.41) is 10.1. The highest BCUT2D eigenvalue weighted by atomic mass is 16.5. The van der Waals surface area contributed by atoms with Gasteiger partial charge in [-0.1, -0.05) is 17.7 Å². The minimum Gasteiger partial charge on any atom is -0.504 e. The van der Waals surface area contributed by atoms with Crippen molar-refractivity contribution >= 4 is 5.69 Å². The summed E-state index contributed by atoms with van der Waals surface area (Å²) in [5.74, 6) is 0.501. The molecule has 0 unspecified atom stereocenters. The summed E-state index contributed by atoms with van der Waals surface area (Å²) < 4.78 is 8.63. The largest absolute Gasteiger partial charge is 0.504 e. The lowest BCUT2D eigenvalue weighted by atomic mass is 9.97. The van der Waals surface area contributed by atoms with Crippen LogP contribution in [0.3, 0.4) is 0 Å². The first kappa shape index (κ1) is 19.1. The van der Waals surface area contributed by atoms with Crippen LogP contribution in [0.5, 0.6) is 11.5 Å². The quantitative estimate of drug-likeness (QED) is 0.729. The molecule has 1 N–H and O–H groups in total. The van der Waals surface area contributed by atoms with E-state index in [4.69, 9.17) is 9.73 Å². The Bertz CT molecular complexity index is 1240. The fourth-order valence-electron chi connectivity index (χ4n) is 4.14. The number of phenolic OH excluding ortho intramolecular Hbond substituents is 1. The fourth-order valence-corrected chi connectivity index (χ4v) is 4.14. The van der Waals surface area contributed by atoms with Crippen LogP contribution in [0.4, 0.5) is 5.69 Å². The Labute approximate surface area is 169 Å². The van der Waals surface area contributed by atoms with Crippen LogP contribution in [-0.4, -0.2) is 21.4 Å². The lowest BCUT2D eigenvalue weighted by Gasteiger charge is -2.23. The molecule has 150 valence electrons. The van der Waals surface area contributed by atoms with Gasteiger partial charge in [-0.05, 0) is 56.0 Å². The van der Waals surface area contributed by atoms with Crippen LogP contribution in [0.25, 0.3) is 11.3 Å². The smallest absolute Gasteiger partial charge is 0.329 e. The van der Waals surface area contributed by atoms with E-state index in [2.05, 4.69) is 19.1 Å². The van der Waals surface area contributed by atoms with E-state index in [1.54, 1.807) is 28.3 Å². The third-order valence-electron chi connectivity index (χ3n) is 5.57. The zero-order chi connectivity index (χ0) is 20.9. The Balaban J connectivity index is 2.01. The standard InChI is InChI=1S/C23H25N3O3/c1-13-8-14(2)22(15(3)9-13)24-21-12-18-17-11-20(29-5)19(27)10-16(17)6-7-26(18)23(28)25(21)4/h8-12,27H,6-7H2,1-5H3/b24-21-. The van der Waals surface area contributed by atoms with Crippen LogP contribution >= 0.6 is 0 Å². The highest BCUT2D eigenvalue weighted by Gasteiger charge is 2.21. The third kappa shape index (κ3) is 3.14. The number of methoxy groups -OCH3 is 1. The number of phenols is 1. The average Bonchev–Trinajstić information content (AvgIpc) is 2.67. The van der Waals surface area contributed by atoms with E-state index >= 15 is 0 Å². The monoisotopic (exact) mass is 391 g/mol. The number of ether oxygens (including phenoxy) is 1. The van der Waals surface area contributed by atoms with Crippen LogP contribution in [0.15, 0.2) is 40.1 Å². The molecule has 2 heterocycles. The van der Waals surface area contributed by atoms with Gasteiger partial charge >= 0.3 is 5.69 Å². The van der Waals surface area contributed by atoms with Crippen molar-refractivity contribution in [3.63, 3.8) is 0 Å². The molecule has 0 saturated carbocycles. The van der Waals surface area contributed by atoms with Crippen LogP contribution in [0.2, 0.25) is 0 Å². The summed E-state index contributed by atoms with van der Waals surface area (Å²) in [6.45, 7) is 6.69. The molecule has 4 rings (SSSR count). The van der Waals surface area contributed by atoms with Crippen molar-refractivity contribution < 1.29 is 9.84 Å². The number of nitrogens with zero attached hydrogens (tertiary/aromatic N) is 3. The minimum atomic E-state index is -0.110. The predicted octanol–water partition coefficient (Wildman–Crippen LogP) is 3.28. The van der Waals surface area contributed by atoms with E-state index in [0.29, 0.717) is 24.2 Å². The number of benzene rings is 2. The zero-order valence-electron chi connectivity index (χ0n) is 17.4. The molecule has 1 aliphatic heterocycles. The van der Waals surface area contributed by atoms with Gasteiger partial charge in [0.05, 0.1) is 18.5 Å². The second-order valence-electron chi connectivity index (χ2n) is 7.67. The first-order valence-corrected chi connectivity index (χ1v) is 9.64. The molecule has 0 aliphatic carbocycles. The maximum atomic E-state index is 13.1. The fraction of sp³-hybridized carbons (Fsp3) is 0.304. The van der Waals surface area contributed by atoms with Crippen molar-refractivity contribution in [3.8, 4) is 22.8 Å².